The Morgan fingerprint density at radius 3 is 2.55 bits per heavy atom. The Morgan fingerprint density at radius 2 is 1.84 bits per heavy atom. The molecule has 31 heavy (non-hydrogen) atoms. The predicted molar refractivity (Wildman–Crippen MR) is 123 cm³/mol. The van der Waals surface area contributed by atoms with E-state index in [9.17, 15) is 14.4 Å². The number of carbonyl (C=O) groups excluding carboxylic acids is 3. The van der Waals surface area contributed by atoms with Crippen LogP contribution in [-0.4, -0.2) is 37.0 Å². The highest BCUT2D eigenvalue weighted by molar-refractivity contribution is 6.03. The molecule has 1 aliphatic heterocycles. The van der Waals surface area contributed by atoms with Gasteiger partial charge in [0.2, 0.25) is 5.91 Å². The summed E-state index contributed by atoms with van der Waals surface area (Å²) in [5.74, 6) is -0.503. The number of aryl methyl sites for hydroxylation is 2. The van der Waals surface area contributed by atoms with Gasteiger partial charge in [-0.1, -0.05) is 12.1 Å². The Morgan fingerprint density at radius 1 is 1.06 bits per heavy atom. The second kappa shape index (κ2) is 9.64. The van der Waals surface area contributed by atoms with Crippen LogP contribution in [-0.2, 0) is 11.2 Å². The largest absolute Gasteiger partial charge is 0.362 e. The average molecular weight is 423 g/mol. The minimum atomic E-state index is -0.560. The third-order valence-corrected chi connectivity index (χ3v) is 5.36. The van der Waals surface area contributed by atoms with E-state index in [0.29, 0.717) is 17.8 Å². The summed E-state index contributed by atoms with van der Waals surface area (Å²) >= 11 is 0. The van der Waals surface area contributed by atoms with E-state index in [1.807, 2.05) is 62.9 Å². The maximum absolute atomic E-state index is 12.6. The first kappa shape index (κ1) is 22.3. The van der Waals surface area contributed by atoms with Crippen molar-refractivity contribution in [3.8, 4) is 0 Å². The molecule has 3 rings (SSSR count). The van der Waals surface area contributed by atoms with Crippen molar-refractivity contribution in [2.45, 2.75) is 46.6 Å². The molecule has 0 unspecified atom stereocenters. The van der Waals surface area contributed by atoms with Crippen molar-refractivity contribution in [3.05, 3.63) is 58.7 Å². The van der Waals surface area contributed by atoms with Gasteiger partial charge >= 0.3 is 6.03 Å². The van der Waals surface area contributed by atoms with Gasteiger partial charge in [-0.15, -0.1) is 0 Å². The lowest BCUT2D eigenvalue weighted by Crippen LogP contribution is -2.43. The molecule has 0 saturated heterocycles. The quantitative estimate of drug-likeness (QED) is 0.687. The molecule has 0 aliphatic carbocycles. The maximum atomic E-state index is 12.6. The number of urea groups is 1. The van der Waals surface area contributed by atoms with Gasteiger partial charge in [-0.3, -0.25) is 14.9 Å². The van der Waals surface area contributed by atoms with Crippen LogP contribution in [0.25, 0.3) is 0 Å². The van der Waals surface area contributed by atoms with Gasteiger partial charge in [0.15, 0.2) is 0 Å². The van der Waals surface area contributed by atoms with Crippen molar-refractivity contribution in [1.82, 2.24) is 10.6 Å². The van der Waals surface area contributed by atoms with Crippen LogP contribution in [0.3, 0.4) is 0 Å². The molecule has 2 aromatic carbocycles. The molecule has 7 heteroatoms. The molecule has 0 radical (unpaired) electrons. The fourth-order valence-corrected chi connectivity index (χ4v) is 3.74. The third-order valence-electron chi connectivity index (χ3n) is 5.36. The first-order valence-corrected chi connectivity index (χ1v) is 10.6. The number of amides is 4. The summed E-state index contributed by atoms with van der Waals surface area (Å²) in [7, 11) is 0. The van der Waals surface area contributed by atoms with Crippen LogP contribution in [0.2, 0.25) is 0 Å². The molecule has 2 aromatic rings. The predicted octanol–water partition coefficient (Wildman–Crippen LogP) is 3.54. The summed E-state index contributed by atoms with van der Waals surface area (Å²) in [6, 6.07) is 10.6. The van der Waals surface area contributed by atoms with Gasteiger partial charge in [0.05, 0.1) is 6.54 Å². The Bertz CT molecular complexity index is 1000. The first-order valence-electron chi connectivity index (χ1n) is 10.6. The minimum Gasteiger partial charge on any atom is -0.362 e. The summed E-state index contributed by atoms with van der Waals surface area (Å²) in [4.78, 5) is 39.2. The molecule has 164 valence electrons. The molecule has 3 N–H and O–H groups in total. The normalized spacial score (nSPS) is 12.9. The summed E-state index contributed by atoms with van der Waals surface area (Å²) in [6.45, 7) is 8.54. The molecule has 0 spiro atoms. The maximum Gasteiger partial charge on any atom is 0.325 e. The lowest BCUT2D eigenvalue weighted by atomic mass is 9.95. The number of nitrogens with one attached hydrogen (secondary N) is 3. The zero-order valence-corrected chi connectivity index (χ0v) is 18.5. The number of carbonyl (C=O) groups is 3. The standard InChI is InChI=1S/C24H30N4O3/c1-15(2)25-23(30)20-7-5-9-21-19(20)8-6-12-28(21)14-22(29)27-24(31)26-18-11-10-16(3)17(4)13-18/h5,7,9-11,13,15H,6,8,12,14H2,1-4H3,(H,25,30)(H2,26,27,29,31). The van der Waals surface area contributed by atoms with E-state index in [0.717, 1.165) is 35.2 Å². The number of rotatable bonds is 5. The van der Waals surface area contributed by atoms with Crippen molar-refractivity contribution < 1.29 is 14.4 Å². The Labute approximate surface area is 183 Å². The second-order valence-electron chi connectivity index (χ2n) is 8.26. The van der Waals surface area contributed by atoms with Gasteiger partial charge in [0.1, 0.15) is 0 Å². The van der Waals surface area contributed by atoms with Crippen molar-refractivity contribution in [3.63, 3.8) is 0 Å². The van der Waals surface area contributed by atoms with Crippen LogP contribution in [0.4, 0.5) is 16.2 Å². The SMILES string of the molecule is Cc1ccc(NC(=O)NC(=O)CN2CCCc3c(C(=O)NC(C)C)cccc32)cc1C. The van der Waals surface area contributed by atoms with E-state index in [4.69, 9.17) is 0 Å². The fraction of sp³-hybridized carbons (Fsp3) is 0.375. The summed E-state index contributed by atoms with van der Waals surface area (Å²) in [5.41, 5.74) is 5.28. The smallest absolute Gasteiger partial charge is 0.325 e. The third kappa shape index (κ3) is 5.63. The van der Waals surface area contributed by atoms with Gasteiger partial charge < -0.3 is 15.5 Å². The van der Waals surface area contributed by atoms with E-state index >= 15 is 0 Å². The molecule has 0 aromatic heterocycles. The highest BCUT2D eigenvalue weighted by Crippen LogP contribution is 2.29. The fourth-order valence-electron chi connectivity index (χ4n) is 3.74. The average Bonchev–Trinajstić information content (AvgIpc) is 2.70. The molecule has 4 amide bonds. The zero-order chi connectivity index (χ0) is 22.5. The summed E-state index contributed by atoms with van der Waals surface area (Å²) in [6.07, 6.45) is 1.61. The lowest BCUT2D eigenvalue weighted by molar-refractivity contribution is -0.118. The molecular formula is C24H30N4O3. The van der Waals surface area contributed by atoms with Crippen LogP contribution < -0.4 is 20.9 Å². The molecular weight excluding hydrogens is 392 g/mol. The molecule has 1 heterocycles. The van der Waals surface area contributed by atoms with E-state index in [-0.39, 0.29) is 18.5 Å². The van der Waals surface area contributed by atoms with Gasteiger partial charge in [0.25, 0.3) is 5.91 Å². The van der Waals surface area contributed by atoms with E-state index in [1.165, 1.54) is 0 Å². The van der Waals surface area contributed by atoms with Crippen molar-refractivity contribution in [2.24, 2.45) is 0 Å². The lowest BCUT2D eigenvalue weighted by Gasteiger charge is -2.31. The zero-order valence-electron chi connectivity index (χ0n) is 18.5. The molecule has 0 saturated carbocycles. The number of fused-ring (bicyclic) bond motifs is 1. The van der Waals surface area contributed by atoms with Crippen LogP contribution in [0.15, 0.2) is 36.4 Å². The van der Waals surface area contributed by atoms with E-state index in [1.54, 1.807) is 6.07 Å². The number of nitrogens with zero attached hydrogens (tertiary/aromatic N) is 1. The van der Waals surface area contributed by atoms with E-state index in [2.05, 4.69) is 16.0 Å². The second-order valence-corrected chi connectivity index (χ2v) is 8.26. The molecule has 7 nitrogen and oxygen atoms in total. The van der Waals surface area contributed by atoms with Crippen LogP contribution in [0.1, 0.15) is 47.3 Å². The molecule has 0 bridgehead atoms. The van der Waals surface area contributed by atoms with Gasteiger partial charge in [0, 0.05) is 29.5 Å². The minimum absolute atomic E-state index is 0.0442. The van der Waals surface area contributed by atoms with Crippen molar-refractivity contribution >= 4 is 29.2 Å². The topological polar surface area (TPSA) is 90.5 Å². The molecule has 1 aliphatic rings. The highest BCUT2D eigenvalue weighted by atomic mass is 16.2. The number of anilines is 2. The Kier molecular flexibility index (Phi) is 6.95. The first-order chi connectivity index (χ1) is 14.7. The van der Waals surface area contributed by atoms with Crippen molar-refractivity contribution in [1.29, 1.82) is 0 Å². The van der Waals surface area contributed by atoms with Crippen molar-refractivity contribution in [2.75, 3.05) is 23.3 Å². The molecule has 0 atom stereocenters. The summed E-state index contributed by atoms with van der Waals surface area (Å²) in [5, 5.41) is 8.02. The Balaban J connectivity index is 1.65. The van der Waals surface area contributed by atoms with Crippen LogP contribution in [0.5, 0.6) is 0 Å². The number of benzene rings is 2. The van der Waals surface area contributed by atoms with Gasteiger partial charge in [-0.2, -0.15) is 0 Å². The highest BCUT2D eigenvalue weighted by Gasteiger charge is 2.24. The number of hydrogen-bond donors (Lipinski definition) is 3. The number of imide groups is 1. The summed E-state index contributed by atoms with van der Waals surface area (Å²) < 4.78 is 0. The van der Waals surface area contributed by atoms with Gasteiger partial charge in [-0.25, -0.2) is 4.79 Å². The molecule has 0 fully saturated rings. The van der Waals surface area contributed by atoms with Gasteiger partial charge in [-0.05, 0) is 81.5 Å². The Hall–Kier alpha value is -3.35. The van der Waals surface area contributed by atoms with Crippen LogP contribution in [0, 0.1) is 13.8 Å². The van der Waals surface area contributed by atoms with Crippen LogP contribution >= 0.6 is 0 Å². The monoisotopic (exact) mass is 422 g/mol. The van der Waals surface area contributed by atoms with E-state index < -0.39 is 11.9 Å². The number of hydrogen-bond acceptors (Lipinski definition) is 4.